The highest BCUT2D eigenvalue weighted by Crippen LogP contribution is 2.38. The fraction of sp³-hybridized carbons (Fsp3) is 0.273. The van der Waals surface area contributed by atoms with Crippen molar-refractivity contribution in [3.63, 3.8) is 0 Å². The molecular formula is C11H12ClNO4. The number of halogens is 1. The molecule has 0 saturated carbocycles. The van der Waals surface area contributed by atoms with Gasteiger partial charge in [0.2, 0.25) is 5.70 Å². The third-order valence-electron chi connectivity index (χ3n) is 2.17. The van der Waals surface area contributed by atoms with Gasteiger partial charge in [0.1, 0.15) is 0 Å². The molecule has 0 aliphatic heterocycles. The molecule has 1 rings (SSSR count). The molecule has 92 valence electrons. The maximum absolute atomic E-state index is 10.5. The maximum Gasteiger partial charge on any atom is 0.243 e. The molecule has 0 spiro atoms. The van der Waals surface area contributed by atoms with E-state index in [1.165, 1.54) is 27.2 Å². The van der Waals surface area contributed by atoms with Crippen LogP contribution in [0.2, 0.25) is 5.02 Å². The van der Waals surface area contributed by atoms with Crippen molar-refractivity contribution in [3.05, 3.63) is 38.5 Å². The van der Waals surface area contributed by atoms with Crippen molar-refractivity contribution in [1.29, 1.82) is 0 Å². The molecule has 5 nitrogen and oxygen atoms in total. The van der Waals surface area contributed by atoms with Crippen molar-refractivity contribution >= 4 is 17.7 Å². The van der Waals surface area contributed by atoms with Gasteiger partial charge in [-0.15, -0.1) is 0 Å². The third-order valence-corrected chi connectivity index (χ3v) is 2.56. The van der Waals surface area contributed by atoms with Gasteiger partial charge in [-0.1, -0.05) is 11.6 Å². The van der Waals surface area contributed by atoms with E-state index in [0.29, 0.717) is 17.1 Å². The highest BCUT2D eigenvalue weighted by Gasteiger charge is 2.13. The van der Waals surface area contributed by atoms with E-state index in [4.69, 9.17) is 21.1 Å². The number of hydrogen-bond donors (Lipinski definition) is 0. The Morgan fingerprint density at radius 3 is 2.53 bits per heavy atom. The lowest BCUT2D eigenvalue weighted by Crippen LogP contribution is -1.95. The van der Waals surface area contributed by atoms with Crippen LogP contribution in [0.3, 0.4) is 0 Å². The minimum Gasteiger partial charge on any atom is -0.493 e. The number of nitro groups is 1. The molecule has 0 N–H and O–H groups in total. The van der Waals surface area contributed by atoms with Gasteiger partial charge in [0.15, 0.2) is 11.5 Å². The van der Waals surface area contributed by atoms with Crippen molar-refractivity contribution in [2.75, 3.05) is 14.2 Å². The van der Waals surface area contributed by atoms with Gasteiger partial charge in [-0.05, 0) is 12.1 Å². The number of methoxy groups -OCH3 is 2. The summed E-state index contributed by atoms with van der Waals surface area (Å²) in [5.41, 5.74) is 0.512. The largest absolute Gasteiger partial charge is 0.493 e. The summed E-state index contributed by atoms with van der Waals surface area (Å²) in [6.07, 6.45) is 1.38. The van der Waals surface area contributed by atoms with Gasteiger partial charge in [-0.3, -0.25) is 10.1 Å². The van der Waals surface area contributed by atoms with E-state index >= 15 is 0 Å². The summed E-state index contributed by atoms with van der Waals surface area (Å²) < 4.78 is 10.2. The highest BCUT2D eigenvalue weighted by atomic mass is 35.5. The van der Waals surface area contributed by atoms with E-state index in [9.17, 15) is 10.1 Å². The number of ether oxygens (including phenoxy) is 2. The average molecular weight is 258 g/mol. The molecule has 0 aliphatic rings. The van der Waals surface area contributed by atoms with Crippen LogP contribution in [0.25, 0.3) is 6.08 Å². The SMILES string of the molecule is COc1ccc(/C=C(/C)[N+](=O)[O-])c(Cl)c1OC. The summed E-state index contributed by atoms with van der Waals surface area (Å²) in [5, 5.41) is 10.8. The highest BCUT2D eigenvalue weighted by molar-refractivity contribution is 6.33. The molecule has 1 aromatic carbocycles. The van der Waals surface area contributed by atoms with E-state index in [0.717, 1.165) is 0 Å². The minimum atomic E-state index is -0.479. The fourth-order valence-electron chi connectivity index (χ4n) is 1.29. The fourth-order valence-corrected chi connectivity index (χ4v) is 1.58. The molecular weight excluding hydrogens is 246 g/mol. The molecule has 0 unspecified atom stereocenters. The van der Waals surface area contributed by atoms with Crippen LogP contribution in [0.15, 0.2) is 17.8 Å². The molecule has 0 amide bonds. The van der Waals surface area contributed by atoms with Gasteiger partial charge >= 0.3 is 0 Å². The molecule has 0 atom stereocenters. The molecule has 0 heterocycles. The number of rotatable bonds is 4. The molecule has 0 radical (unpaired) electrons. The molecule has 0 aromatic heterocycles. The topological polar surface area (TPSA) is 61.6 Å². The number of benzene rings is 1. The van der Waals surface area contributed by atoms with Crippen LogP contribution in [0.4, 0.5) is 0 Å². The summed E-state index contributed by atoms with van der Waals surface area (Å²) in [6.45, 7) is 1.40. The van der Waals surface area contributed by atoms with Crippen molar-refractivity contribution in [2.24, 2.45) is 0 Å². The minimum absolute atomic E-state index is 0.000815. The van der Waals surface area contributed by atoms with Crippen molar-refractivity contribution < 1.29 is 14.4 Å². The smallest absolute Gasteiger partial charge is 0.243 e. The Labute approximate surface area is 104 Å². The third kappa shape index (κ3) is 2.88. The second kappa shape index (κ2) is 5.54. The van der Waals surface area contributed by atoms with Crippen LogP contribution in [-0.2, 0) is 0 Å². The van der Waals surface area contributed by atoms with Crippen LogP contribution in [0.5, 0.6) is 11.5 Å². The molecule has 1 aromatic rings. The lowest BCUT2D eigenvalue weighted by Gasteiger charge is -2.10. The monoisotopic (exact) mass is 257 g/mol. The van der Waals surface area contributed by atoms with Crippen LogP contribution >= 0.6 is 11.6 Å². The Kier molecular flexibility index (Phi) is 4.34. The Morgan fingerprint density at radius 2 is 2.06 bits per heavy atom. The van der Waals surface area contributed by atoms with E-state index < -0.39 is 4.92 Å². The van der Waals surface area contributed by atoms with Gasteiger partial charge in [0, 0.05) is 18.6 Å². The van der Waals surface area contributed by atoms with Gasteiger partial charge in [0.25, 0.3) is 0 Å². The molecule has 6 heteroatoms. The van der Waals surface area contributed by atoms with Gasteiger partial charge in [-0.2, -0.15) is 0 Å². The van der Waals surface area contributed by atoms with E-state index in [1.807, 2.05) is 0 Å². The zero-order valence-corrected chi connectivity index (χ0v) is 10.4. The Bertz CT molecular complexity index is 471. The van der Waals surface area contributed by atoms with Gasteiger partial charge in [-0.25, -0.2) is 0 Å². The standard InChI is InChI=1S/C11H12ClNO4/c1-7(13(14)15)6-8-4-5-9(16-2)11(17-3)10(8)12/h4-6H,1-3H3/b7-6-. The molecule has 0 saturated heterocycles. The van der Waals surface area contributed by atoms with E-state index in [1.54, 1.807) is 12.1 Å². The maximum atomic E-state index is 10.5. The zero-order chi connectivity index (χ0) is 13.0. The van der Waals surface area contributed by atoms with Crippen molar-refractivity contribution in [2.45, 2.75) is 6.92 Å². The Morgan fingerprint density at radius 1 is 1.41 bits per heavy atom. The van der Waals surface area contributed by atoms with Gasteiger partial charge < -0.3 is 9.47 Å². The summed E-state index contributed by atoms with van der Waals surface area (Å²) in [4.78, 5) is 10.1. The van der Waals surface area contributed by atoms with Crippen molar-refractivity contribution in [1.82, 2.24) is 0 Å². The first kappa shape index (κ1) is 13.3. The lowest BCUT2D eigenvalue weighted by atomic mass is 10.1. The average Bonchev–Trinajstić information content (AvgIpc) is 2.31. The second-order valence-corrected chi connectivity index (χ2v) is 3.63. The predicted octanol–water partition coefficient (Wildman–Crippen LogP) is 2.99. The van der Waals surface area contributed by atoms with E-state index in [-0.39, 0.29) is 10.7 Å². The van der Waals surface area contributed by atoms with Crippen molar-refractivity contribution in [3.8, 4) is 11.5 Å². The molecule has 0 bridgehead atoms. The second-order valence-electron chi connectivity index (χ2n) is 3.25. The number of hydrogen-bond acceptors (Lipinski definition) is 4. The van der Waals surface area contributed by atoms with Crippen LogP contribution < -0.4 is 9.47 Å². The van der Waals surface area contributed by atoms with Crippen LogP contribution in [0, 0.1) is 10.1 Å². The van der Waals surface area contributed by atoms with Crippen LogP contribution in [0.1, 0.15) is 12.5 Å². The molecule has 17 heavy (non-hydrogen) atoms. The zero-order valence-electron chi connectivity index (χ0n) is 9.69. The quantitative estimate of drug-likeness (QED) is 0.614. The first-order chi connectivity index (χ1) is 8.01. The Hall–Kier alpha value is -1.75. The number of allylic oxidation sites excluding steroid dienone is 1. The van der Waals surface area contributed by atoms with E-state index in [2.05, 4.69) is 0 Å². The predicted molar refractivity (Wildman–Crippen MR) is 65.2 cm³/mol. The lowest BCUT2D eigenvalue weighted by molar-refractivity contribution is -0.422. The summed E-state index contributed by atoms with van der Waals surface area (Å²) in [6, 6.07) is 3.28. The summed E-state index contributed by atoms with van der Waals surface area (Å²) in [7, 11) is 2.95. The molecule has 0 fully saturated rings. The van der Waals surface area contributed by atoms with Gasteiger partial charge in [0.05, 0.1) is 24.2 Å². The van der Waals surface area contributed by atoms with Crippen LogP contribution in [-0.4, -0.2) is 19.1 Å². The normalized spacial score (nSPS) is 11.2. The molecule has 0 aliphatic carbocycles. The summed E-state index contributed by atoms with van der Waals surface area (Å²) in [5.74, 6) is 0.840. The summed E-state index contributed by atoms with van der Waals surface area (Å²) >= 11 is 6.07. The first-order valence-electron chi connectivity index (χ1n) is 4.74. The number of nitrogens with zero attached hydrogens (tertiary/aromatic N) is 1. The Balaban J connectivity index is 3.29. The first-order valence-corrected chi connectivity index (χ1v) is 5.12.